The average molecular weight is 315 g/mol. The molecule has 2 aliphatic rings. The Bertz CT molecular complexity index is 589. The highest BCUT2D eigenvalue weighted by atomic mass is 32.1. The molecule has 0 amide bonds. The standard InChI is InChI=1S/C18H25N3S/c1-12-7-9-13(10-8-12)16-15-6-4-5-14(11-21(2)3)17(15)20-18(22)19-16/h7-10,14,16H,4-6,11H2,1-3H3,(H2,19,20,22)/t14-,16-/m0/s1. The van der Waals surface area contributed by atoms with Crippen molar-refractivity contribution in [2.45, 2.75) is 32.2 Å². The van der Waals surface area contributed by atoms with E-state index in [9.17, 15) is 0 Å². The molecule has 1 heterocycles. The second-order valence-electron chi connectivity index (χ2n) is 6.73. The van der Waals surface area contributed by atoms with E-state index >= 15 is 0 Å². The fourth-order valence-corrected chi connectivity index (χ4v) is 3.83. The van der Waals surface area contributed by atoms with Gasteiger partial charge in [-0.25, -0.2) is 0 Å². The highest BCUT2D eigenvalue weighted by Crippen LogP contribution is 2.38. The molecule has 0 bridgehead atoms. The van der Waals surface area contributed by atoms with Gasteiger partial charge in [-0.1, -0.05) is 29.8 Å². The van der Waals surface area contributed by atoms with Gasteiger partial charge in [0.2, 0.25) is 0 Å². The maximum atomic E-state index is 5.47. The van der Waals surface area contributed by atoms with Crippen molar-refractivity contribution in [3.05, 3.63) is 46.7 Å². The zero-order valence-corrected chi connectivity index (χ0v) is 14.5. The second kappa shape index (κ2) is 6.39. The molecule has 1 aromatic carbocycles. The monoisotopic (exact) mass is 315 g/mol. The number of hydrogen-bond donors (Lipinski definition) is 2. The lowest BCUT2D eigenvalue weighted by atomic mass is 9.80. The van der Waals surface area contributed by atoms with Crippen molar-refractivity contribution in [1.82, 2.24) is 15.5 Å². The van der Waals surface area contributed by atoms with Crippen molar-refractivity contribution in [1.29, 1.82) is 0 Å². The predicted molar refractivity (Wildman–Crippen MR) is 95.7 cm³/mol. The average Bonchev–Trinajstić information content (AvgIpc) is 2.47. The third kappa shape index (κ3) is 3.18. The molecule has 0 radical (unpaired) electrons. The lowest BCUT2D eigenvalue weighted by Crippen LogP contribution is -2.47. The molecule has 22 heavy (non-hydrogen) atoms. The largest absolute Gasteiger partial charge is 0.352 e. The number of nitrogens with one attached hydrogen (secondary N) is 2. The van der Waals surface area contributed by atoms with Gasteiger partial charge >= 0.3 is 0 Å². The number of rotatable bonds is 3. The minimum Gasteiger partial charge on any atom is -0.352 e. The Morgan fingerprint density at radius 2 is 1.95 bits per heavy atom. The Morgan fingerprint density at radius 3 is 2.64 bits per heavy atom. The zero-order chi connectivity index (χ0) is 15.7. The van der Waals surface area contributed by atoms with Gasteiger partial charge in [0.1, 0.15) is 0 Å². The van der Waals surface area contributed by atoms with Gasteiger partial charge in [0.05, 0.1) is 6.04 Å². The van der Waals surface area contributed by atoms with Crippen molar-refractivity contribution >= 4 is 17.3 Å². The molecular formula is C18H25N3S. The highest BCUT2D eigenvalue weighted by molar-refractivity contribution is 7.80. The molecule has 4 heteroatoms. The SMILES string of the molecule is Cc1ccc([C@@H]2NC(=S)NC3=C2CCC[C@H]3CN(C)C)cc1. The van der Waals surface area contributed by atoms with E-state index in [4.69, 9.17) is 12.2 Å². The van der Waals surface area contributed by atoms with Crippen LogP contribution in [0.25, 0.3) is 0 Å². The summed E-state index contributed by atoms with van der Waals surface area (Å²) in [6.45, 7) is 3.21. The van der Waals surface area contributed by atoms with Crippen molar-refractivity contribution in [2.24, 2.45) is 5.92 Å². The Hall–Kier alpha value is -1.39. The molecule has 1 aliphatic heterocycles. The van der Waals surface area contributed by atoms with Crippen LogP contribution < -0.4 is 10.6 Å². The summed E-state index contributed by atoms with van der Waals surface area (Å²) >= 11 is 5.47. The van der Waals surface area contributed by atoms with E-state index in [1.54, 1.807) is 0 Å². The van der Waals surface area contributed by atoms with E-state index in [0.717, 1.165) is 18.1 Å². The maximum Gasteiger partial charge on any atom is 0.171 e. The molecule has 0 fully saturated rings. The molecule has 118 valence electrons. The van der Waals surface area contributed by atoms with Crippen molar-refractivity contribution in [2.75, 3.05) is 20.6 Å². The van der Waals surface area contributed by atoms with Gasteiger partial charge in [-0.05, 0) is 63.6 Å². The van der Waals surface area contributed by atoms with Crippen LogP contribution in [0.5, 0.6) is 0 Å². The molecule has 1 aromatic rings. The zero-order valence-electron chi connectivity index (χ0n) is 13.6. The summed E-state index contributed by atoms with van der Waals surface area (Å²) in [4.78, 5) is 2.27. The fraction of sp³-hybridized carbons (Fsp3) is 0.500. The molecule has 1 aliphatic carbocycles. The van der Waals surface area contributed by atoms with E-state index in [0.29, 0.717) is 5.92 Å². The van der Waals surface area contributed by atoms with Crippen LogP contribution in [0.3, 0.4) is 0 Å². The number of benzene rings is 1. The second-order valence-corrected chi connectivity index (χ2v) is 7.14. The maximum absolute atomic E-state index is 5.47. The molecular weight excluding hydrogens is 290 g/mol. The fourth-order valence-electron chi connectivity index (χ4n) is 3.61. The van der Waals surface area contributed by atoms with Gasteiger partial charge < -0.3 is 15.5 Å². The van der Waals surface area contributed by atoms with Gasteiger partial charge in [-0.2, -0.15) is 0 Å². The first-order chi connectivity index (χ1) is 10.5. The van der Waals surface area contributed by atoms with Crippen LogP contribution >= 0.6 is 12.2 Å². The van der Waals surface area contributed by atoms with Crippen LogP contribution in [0.15, 0.2) is 35.5 Å². The normalized spacial score (nSPS) is 24.8. The smallest absolute Gasteiger partial charge is 0.171 e. The number of hydrogen-bond acceptors (Lipinski definition) is 2. The van der Waals surface area contributed by atoms with Gasteiger partial charge in [0.25, 0.3) is 0 Å². The molecule has 3 rings (SSSR count). The minimum atomic E-state index is 0.231. The van der Waals surface area contributed by atoms with Gasteiger partial charge in [-0.15, -0.1) is 0 Å². The van der Waals surface area contributed by atoms with Crippen molar-refractivity contribution in [3.63, 3.8) is 0 Å². The predicted octanol–water partition coefficient (Wildman–Crippen LogP) is 3.13. The van der Waals surface area contributed by atoms with Crippen LogP contribution in [0.2, 0.25) is 0 Å². The first-order valence-corrected chi connectivity index (χ1v) is 8.47. The van der Waals surface area contributed by atoms with E-state index in [2.05, 4.69) is 60.8 Å². The number of aryl methyl sites for hydroxylation is 1. The Balaban J connectivity index is 1.96. The quantitative estimate of drug-likeness (QED) is 0.838. The third-order valence-corrected chi connectivity index (χ3v) is 4.84. The first kappa shape index (κ1) is 15.5. The van der Waals surface area contributed by atoms with Gasteiger partial charge in [0, 0.05) is 18.2 Å². The molecule has 0 saturated carbocycles. The van der Waals surface area contributed by atoms with Gasteiger partial charge in [-0.3, -0.25) is 0 Å². The molecule has 0 spiro atoms. The summed E-state index contributed by atoms with van der Waals surface area (Å²) in [5.41, 5.74) is 5.47. The van der Waals surface area contributed by atoms with E-state index < -0.39 is 0 Å². The van der Waals surface area contributed by atoms with E-state index in [1.165, 1.54) is 35.2 Å². The van der Waals surface area contributed by atoms with E-state index in [-0.39, 0.29) is 6.04 Å². The molecule has 0 unspecified atom stereocenters. The molecule has 0 aromatic heterocycles. The summed E-state index contributed by atoms with van der Waals surface area (Å²) < 4.78 is 0. The first-order valence-electron chi connectivity index (χ1n) is 8.06. The third-order valence-electron chi connectivity index (χ3n) is 4.62. The summed E-state index contributed by atoms with van der Waals surface area (Å²) in [6, 6.07) is 9.04. The van der Waals surface area contributed by atoms with Crippen LogP contribution in [0.4, 0.5) is 0 Å². The lowest BCUT2D eigenvalue weighted by molar-refractivity contribution is 0.314. The molecule has 2 N–H and O–H groups in total. The molecule has 0 saturated heterocycles. The Labute approximate surface area is 138 Å². The van der Waals surface area contributed by atoms with Crippen LogP contribution in [0, 0.1) is 12.8 Å². The molecule has 3 nitrogen and oxygen atoms in total. The molecule has 2 atom stereocenters. The van der Waals surface area contributed by atoms with Crippen molar-refractivity contribution < 1.29 is 0 Å². The number of thiocarbonyl (C=S) groups is 1. The topological polar surface area (TPSA) is 27.3 Å². The van der Waals surface area contributed by atoms with E-state index in [1.807, 2.05) is 0 Å². The van der Waals surface area contributed by atoms with Crippen LogP contribution in [0.1, 0.15) is 36.4 Å². The summed E-state index contributed by atoms with van der Waals surface area (Å²) in [6.07, 6.45) is 3.66. The lowest BCUT2D eigenvalue weighted by Gasteiger charge is -2.39. The van der Waals surface area contributed by atoms with Gasteiger partial charge in [0.15, 0.2) is 5.11 Å². The van der Waals surface area contributed by atoms with Crippen LogP contribution in [-0.2, 0) is 0 Å². The minimum absolute atomic E-state index is 0.231. The summed E-state index contributed by atoms with van der Waals surface area (Å²) in [7, 11) is 4.29. The summed E-state index contributed by atoms with van der Waals surface area (Å²) in [5.74, 6) is 0.562. The van der Waals surface area contributed by atoms with Crippen LogP contribution in [-0.4, -0.2) is 30.7 Å². The summed E-state index contributed by atoms with van der Waals surface area (Å²) in [5, 5.41) is 7.69. The Morgan fingerprint density at radius 1 is 1.23 bits per heavy atom. The van der Waals surface area contributed by atoms with Crippen molar-refractivity contribution in [3.8, 4) is 0 Å². The number of nitrogens with zero attached hydrogens (tertiary/aromatic N) is 1. The highest BCUT2D eigenvalue weighted by Gasteiger charge is 2.32. The Kier molecular flexibility index (Phi) is 4.50.